The Kier molecular flexibility index (Phi) is 3.56. The van der Waals surface area contributed by atoms with Crippen LogP contribution in [-0.2, 0) is 14.3 Å². The molecule has 2 unspecified atom stereocenters. The molecule has 2 N–H and O–H groups in total. The van der Waals surface area contributed by atoms with Crippen molar-refractivity contribution >= 4 is 11.8 Å². The number of rotatable bonds is 1. The van der Waals surface area contributed by atoms with E-state index in [9.17, 15) is 9.59 Å². The van der Waals surface area contributed by atoms with Crippen molar-refractivity contribution in [3.05, 3.63) is 0 Å². The van der Waals surface area contributed by atoms with Crippen LogP contribution in [0.1, 0.15) is 32.1 Å². The zero-order valence-corrected chi connectivity index (χ0v) is 9.35. The number of imide groups is 1. The van der Waals surface area contributed by atoms with E-state index < -0.39 is 0 Å². The number of morpholine rings is 1. The van der Waals surface area contributed by atoms with Crippen LogP contribution in [0.25, 0.3) is 0 Å². The summed E-state index contributed by atoms with van der Waals surface area (Å²) in [5, 5.41) is 0. The molecule has 0 aromatic carbocycles. The van der Waals surface area contributed by atoms with Crippen molar-refractivity contribution in [3.8, 4) is 0 Å². The van der Waals surface area contributed by atoms with E-state index in [0.29, 0.717) is 0 Å². The molecule has 5 nitrogen and oxygen atoms in total. The highest BCUT2D eigenvalue weighted by Gasteiger charge is 2.36. The third kappa shape index (κ3) is 2.25. The molecule has 2 atom stereocenters. The summed E-state index contributed by atoms with van der Waals surface area (Å²) in [7, 11) is 0. The van der Waals surface area contributed by atoms with Crippen molar-refractivity contribution < 1.29 is 14.3 Å². The largest absolute Gasteiger partial charge is 0.362 e. The van der Waals surface area contributed by atoms with Gasteiger partial charge in [0.2, 0.25) is 0 Å². The Morgan fingerprint density at radius 1 is 1.06 bits per heavy atom. The normalized spacial score (nSPS) is 32.7. The van der Waals surface area contributed by atoms with E-state index in [1.165, 1.54) is 4.90 Å². The summed E-state index contributed by atoms with van der Waals surface area (Å²) >= 11 is 0. The summed E-state index contributed by atoms with van der Waals surface area (Å²) in [5.41, 5.74) is 6.05. The maximum absolute atomic E-state index is 11.7. The molecule has 0 spiro atoms. The van der Waals surface area contributed by atoms with Crippen LogP contribution in [0, 0.1) is 0 Å². The van der Waals surface area contributed by atoms with Gasteiger partial charge in [-0.15, -0.1) is 0 Å². The zero-order valence-electron chi connectivity index (χ0n) is 9.35. The summed E-state index contributed by atoms with van der Waals surface area (Å²) in [6.07, 6.45) is 4.98. The fourth-order valence-corrected chi connectivity index (χ4v) is 2.51. The molecule has 16 heavy (non-hydrogen) atoms. The Morgan fingerprint density at radius 2 is 1.69 bits per heavy atom. The quantitative estimate of drug-likeness (QED) is 0.506. The van der Waals surface area contributed by atoms with Crippen LogP contribution in [-0.4, -0.2) is 42.0 Å². The summed E-state index contributed by atoms with van der Waals surface area (Å²) in [4.78, 5) is 24.7. The van der Waals surface area contributed by atoms with Crippen LogP contribution in [0.2, 0.25) is 0 Å². The van der Waals surface area contributed by atoms with Crippen LogP contribution in [0.3, 0.4) is 0 Å². The van der Waals surface area contributed by atoms with Crippen molar-refractivity contribution in [2.24, 2.45) is 5.73 Å². The van der Waals surface area contributed by atoms with E-state index >= 15 is 0 Å². The number of carbonyl (C=O) groups is 2. The lowest BCUT2D eigenvalue weighted by Gasteiger charge is -2.35. The standard InChI is InChI=1S/C11H18N2O3/c12-8-4-2-1-3-5-9(8)13-10(14)6-16-7-11(13)15/h8-9H,1-7,12H2. The highest BCUT2D eigenvalue weighted by Crippen LogP contribution is 2.22. The van der Waals surface area contributed by atoms with Crippen molar-refractivity contribution in [1.82, 2.24) is 4.90 Å². The minimum absolute atomic E-state index is 0.00889. The molecule has 2 rings (SSSR count). The van der Waals surface area contributed by atoms with Gasteiger partial charge in [0.25, 0.3) is 11.8 Å². The summed E-state index contributed by atoms with van der Waals surface area (Å²) in [6.45, 7) is 0.0178. The van der Waals surface area contributed by atoms with E-state index in [-0.39, 0.29) is 37.1 Å². The third-order valence-electron chi connectivity index (χ3n) is 3.35. The summed E-state index contributed by atoms with van der Waals surface area (Å²) < 4.78 is 4.90. The van der Waals surface area contributed by atoms with E-state index in [4.69, 9.17) is 10.5 Å². The molecule has 1 heterocycles. The average Bonchev–Trinajstić information content (AvgIpc) is 2.44. The number of nitrogens with zero attached hydrogens (tertiary/aromatic N) is 1. The predicted molar refractivity (Wildman–Crippen MR) is 57.5 cm³/mol. The Labute approximate surface area is 94.9 Å². The molecule has 90 valence electrons. The van der Waals surface area contributed by atoms with Gasteiger partial charge < -0.3 is 10.5 Å². The van der Waals surface area contributed by atoms with Crippen LogP contribution in [0.15, 0.2) is 0 Å². The highest BCUT2D eigenvalue weighted by atomic mass is 16.5. The number of amides is 2. The second kappa shape index (κ2) is 4.93. The molecule has 1 aliphatic carbocycles. The fraction of sp³-hybridized carbons (Fsp3) is 0.818. The van der Waals surface area contributed by atoms with Gasteiger partial charge in [0.1, 0.15) is 13.2 Å². The van der Waals surface area contributed by atoms with Gasteiger partial charge >= 0.3 is 0 Å². The van der Waals surface area contributed by atoms with E-state index in [0.717, 1.165) is 32.1 Å². The first-order valence-corrected chi connectivity index (χ1v) is 5.88. The molecular weight excluding hydrogens is 208 g/mol. The van der Waals surface area contributed by atoms with E-state index in [1.54, 1.807) is 0 Å². The van der Waals surface area contributed by atoms with Gasteiger partial charge in [0, 0.05) is 6.04 Å². The first-order valence-electron chi connectivity index (χ1n) is 5.88. The second-order valence-electron chi connectivity index (χ2n) is 4.52. The van der Waals surface area contributed by atoms with Crippen LogP contribution < -0.4 is 5.73 Å². The highest BCUT2D eigenvalue weighted by molar-refractivity contribution is 5.98. The lowest BCUT2D eigenvalue weighted by atomic mass is 10.0. The molecule has 1 saturated heterocycles. The lowest BCUT2D eigenvalue weighted by Crippen LogP contribution is -2.57. The molecule has 1 saturated carbocycles. The molecule has 5 heteroatoms. The minimum atomic E-state index is -0.237. The van der Waals surface area contributed by atoms with Gasteiger partial charge in [-0.25, -0.2) is 0 Å². The smallest absolute Gasteiger partial charge is 0.255 e. The van der Waals surface area contributed by atoms with Crippen molar-refractivity contribution in [2.75, 3.05) is 13.2 Å². The van der Waals surface area contributed by atoms with E-state index in [1.807, 2.05) is 0 Å². The second-order valence-corrected chi connectivity index (χ2v) is 4.52. The van der Waals surface area contributed by atoms with Crippen molar-refractivity contribution in [3.63, 3.8) is 0 Å². The Bertz CT molecular complexity index is 277. The summed E-state index contributed by atoms with van der Waals surface area (Å²) in [6, 6.07) is -0.195. The van der Waals surface area contributed by atoms with Gasteiger partial charge in [-0.05, 0) is 12.8 Å². The molecule has 2 fully saturated rings. The molecule has 0 aromatic rings. The SMILES string of the molecule is NC1CCCCCC1N1C(=O)COCC1=O. The van der Waals surface area contributed by atoms with Crippen LogP contribution >= 0.6 is 0 Å². The van der Waals surface area contributed by atoms with Crippen LogP contribution in [0.4, 0.5) is 0 Å². The summed E-state index contributed by atoms with van der Waals surface area (Å²) in [5.74, 6) is -0.475. The molecule has 0 radical (unpaired) electrons. The molecule has 0 bridgehead atoms. The molecule has 1 aliphatic heterocycles. The first-order chi connectivity index (χ1) is 7.70. The van der Waals surface area contributed by atoms with Gasteiger partial charge in [-0.3, -0.25) is 14.5 Å². The molecule has 2 amide bonds. The topological polar surface area (TPSA) is 72.6 Å². The number of ether oxygens (including phenoxy) is 1. The number of hydrogen-bond donors (Lipinski definition) is 1. The third-order valence-corrected chi connectivity index (χ3v) is 3.35. The number of hydrogen-bond acceptors (Lipinski definition) is 4. The maximum Gasteiger partial charge on any atom is 0.255 e. The Hall–Kier alpha value is -0.940. The molecule has 0 aromatic heterocycles. The molecule has 2 aliphatic rings. The van der Waals surface area contributed by atoms with Gasteiger partial charge in [-0.1, -0.05) is 19.3 Å². The molecular formula is C11H18N2O3. The monoisotopic (exact) mass is 226 g/mol. The Balaban J connectivity index is 2.13. The van der Waals surface area contributed by atoms with Gasteiger partial charge in [-0.2, -0.15) is 0 Å². The first kappa shape index (κ1) is 11.5. The fourth-order valence-electron chi connectivity index (χ4n) is 2.51. The zero-order chi connectivity index (χ0) is 11.5. The van der Waals surface area contributed by atoms with Gasteiger partial charge in [0.05, 0.1) is 6.04 Å². The van der Waals surface area contributed by atoms with Crippen LogP contribution in [0.5, 0.6) is 0 Å². The maximum atomic E-state index is 11.7. The van der Waals surface area contributed by atoms with Gasteiger partial charge in [0.15, 0.2) is 0 Å². The number of nitrogens with two attached hydrogens (primary N) is 1. The lowest BCUT2D eigenvalue weighted by molar-refractivity contribution is -0.162. The van der Waals surface area contributed by atoms with Crippen molar-refractivity contribution in [2.45, 2.75) is 44.2 Å². The van der Waals surface area contributed by atoms with Crippen molar-refractivity contribution in [1.29, 1.82) is 0 Å². The number of carbonyl (C=O) groups excluding carboxylic acids is 2. The average molecular weight is 226 g/mol. The predicted octanol–water partition coefficient (Wildman–Crippen LogP) is 0.0318. The van der Waals surface area contributed by atoms with E-state index in [2.05, 4.69) is 0 Å². The Morgan fingerprint density at radius 3 is 2.38 bits per heavy atom. The minimum Gasteiger partial charge on any atom is -0.362 e.